The number of carbonyl (C=O) groups excluding carboxylic acids is 1. The van der Waals surface area contributed by atoms with Crippen molar-refractivity contribution in [2.45, 2.75) is 38.7 Å². The molecule has 0 heterocycles. The summed E-state index contributed by atoms with van der Waals surface area (Å²) in [6, 6.07) is 0. The molecule has 3 aliphatic carbocycles. The number of aliphatic hydroxyl groups excluding tert-OH is 1. The normalized spacial score (nSPS) is 50.6. The first-order valence-corrected chi connectivity index (χ1v) is 5.57. The Hall–Kier alpha value is -0.630. The predicted octanol–water partition coefficient (Wildman–Crippen LogP) is 1.68. The molecule has 4 atom stereocenters. The molecule has 2 bridgehead atoms. The molecular weight excluding hydrogens is 176 g/mol. The van der Waals surface area contributed by atoms with Crippen molar-refractivity contribution in [3.8, 4) is 0 Å². The second kappa shape index (κ2) is 2.48. The summed E-state index contributed by atoms with van der Waals surface area (Å²) in [6.07, 6.45) is 5.36. The van der Waals surface area contributed by atoms with Crippen LogP contribution in [0.3, 0.4) is 0 Å². The van der Waals surface area contributed by atoms with Gasteiger partial charge in [-0.2, -0.15) is 0 Å². The van der Waals surface area contributed by atoms with Crippen LogP contribution in [0.2, 0.25) is 0 Å². The standard InChI is InChI=1S/C12H16O2/c1-7-2-3-9-5-10(13)8-4-11(14)12(7,9)6-8/h5,7-8,11,14H,2-4,6H2,1H3/t7-,8+,11?,12+/m1/s1. The van der Waals surface area contributed by atoms with E-state index in [4.69, 9.17) is 0 Å². The second-order valence-electron chi connectivity index (χ2n) is 5.20. The summed E-state index contributed by atoms with van der Waals surface area (Å²) in [5, 5.41) is 10.2. The Balaban J connectivity index is 2.15. The van der Waals surface area contributed by atoms with Crippen LogP contribution in [0.1, 0.15) is 32.6 Å². The molecule has 2 heteroatoms. The van der Waals surface area contributed by atoms with Gasteiger partial charge in [-0.25, -0.2) is 0 Å². The van der Waals surface area contributed by atoms with Gasteiger partial charge in [0.15, 0.2) is 5.78 Å². The van der Waals surface area contributed by atoms with Crippen LogP contribution in [0.4, 0.5) is 0 Å². The zero-order valence-electron chi connectivity index (χ0n) is 8.49. The van der Waals surface area contributed by atoms with Gasteiger partial charge in [0.25, 0.3) is 0 Å². The third-order valence-corrected chi connectivity index (χ3v) is 4.73. The van der Waals surface area contributed by atoms with Crippen molar-refractivity contribution >= 4 is 5.78 Å². The molecular formula is C12H16O2. The maximum absolute atomic E-state index is 11.7. The van der Waals surface area contributed by atoms with Crippen LogP contribution in [-0.4, -0.2) is 17.0 Å². The molecule has 2 nitrogen and oxygen atoms in total. The lowest BCUT2D eigenvalue weighted by Crippen LogP contribution is -2.35. The van der Waals surface area contributed by atoms with Crippen LogP contribution in [0, 0.1) is 17.3 Å². The molecule has 3 rings (SSSR count). The summed E-state index contributed by atoms with van der Waals surface area (Å²) >= 11 is 0. The number of aliphatic hydroxyl groups is 1. The van der Waals surface area contributed by atoms with E-state index in [2.05, 4.69) is 6.92 Å². The minimum atomic E-state index is -0.261. The Bertz CT molecular complexity index is 331. The van der Waals surface area contributed by atoms with Crippen molar-refractivity contribution in [3.05, 3.63) is 11.6 Å². The molecule has 0 radical (unpaired) electrons. The fraction of sp³-hybridized carbons (Fsp3) is 0.750. The fourth-order valence-corrected chi connectivity index (χ4v) is 3.87. The average Bonchev–Trinajstić information content (AvgIpc) is 2.61. The van der Waals surface area contributed by atoms with Crippen LogP contribution in [0.25, 0.3) is 0 Å². The number of fused-ring (bicyclic) bond motifs is 1. The summed E-state index contributed by atoms with van der Waals surface area (Å²) in [5.74, 6) is 0.942. The third kappa shape index (κ3) is 0.789. The van der Waals surface area contributed by atoms with Crippen LogP contribution < -0.4 is 0 Å². The minimum Gasteiger partial charge on any atom is -0.392 e. The molecule has 0 aliphatic heterocycles. The fourth-order valence-electron chi connectivity index (χ4n) is 3.87. The first-order valence-electron chi connectivity index (χ1n) is 5.57. The van der Waals surface area contributed by atoms with E-state index in [1.165, 1.54) is 5.57 Å². The molecule has 3 aliphatic rings. The molecule has 0 aromatic rings. The Labute approximate surface area is 84.0 Å². The smallest absolute Gasteiger partial charge is 0.158 e. The molecule has 0 aromatic carbocycles. The first kappa shape index (κ1) is 8.66. The molecule has 1 unspecified atom stereocenters. The number of hydrogen-bond donors (Lipinski definition) is 1. The highest BCUT2D eigenvalue weighted by atomic mass is 16.3. The molecule has 0 aromatic heterocycles. The van der Waals surface area contributed by atoms with E-state index in [0.29, 0.717) is 12.3 Å². The average molecular weight is 192 g/mol. The molecule has 2 saturated carbocycles. The second-order valence-corrected chi connectivity index (χ2v) is 5.20. The Morgan fingerprint density at radius 3 is 3.14 bits per heavy atom. The van der Waals surface area contributed by atoms with Crippen molar-refractivity contribution in [1.82, 2.24) is 0 Å². The van der Waals surface area contributed by atoms with Crippen LogP contribution >= 0.6 is 0 Å². The van der Waals surface area contributed by atoms with Gasteiger partial charge in [-0.1, -0.05) is 12.5 Å². The van der Waals surface area contributed by atoms with E-state index in [1.807, 2.05) is 6.08 Å². The molecule has 76 valence electrons. The quantitative estimate of drug-likeness (QED) is 0.634. The number of carbonyl (C=O) groups is 1. The summed E-state index contributed by atoms with van der Waals surface area (Å²) < 4.78 is 0. The van der Waals surface area contributed by atoms with Gasteiger partial charge in [-0.05, 0) is 37.7 Å². The lowest BCUT2D eigenvalue weighted by molar-refractivity contribution is -0.118. The van der Waals surface area contributed by atoms with Gasteiger partial charge in [0.05, 0.1) is 6.10 Å². The molecule has 1 spiro atoms. The zero-order valence-corrected chi connectivity index (χ0v) is 8.49. The van der Waals surface area contributed by atoms with Crippen molar-refractivity contribution in [3.63, 3.8) is 0 Å². The van der Waals surface area contributed by atoms with Crippen molar-refractivity contribution in [2.75, 3.05) is 0 Å². The number of ketones is 1. The largest absolute Gasteiger partial charge is 0.392 e. The van der Waals surface area contributed by atoms with E-state index < -0.39 is 0 Å². The number of allylic oxidation sites excluding steroid dienone is 1. The van der Waals surface area contributed by atoms with Crippen molar-refractivity contribution < 1.29 is 9.90 Å². The summed E-state index contributed by atoms with van der Waals surface area (Å²) in [7, 11) is 0. The third-order valence-electron chi connectivity index (χ3n) is 4.73. The highest BCUT2D eigenvalue weighted by Gasteiger charge is 2.58. The molecule has 0 amide bonds. The molecule has 2 fully saturated rings. The van der Waals surface area contributed by atoms with E-state index in [1.54, 1.807) is 0 Å². The molecule has 14 heavy (non-hydrogen) atoms. The van der Waals surface area contributed by atoms with Crippen molar-refractivity contribution in [1.29, 1.82) is 0 Å². The lowest BCUT2D eigenvalue weighted by Gasteiger charge is -2.35. The summed E-state index contributed by atoms with van der Waals surface area (Å²) in [4.78, 5) is 11.7. The highest BCUT2D eigenvalue weighted by molar-refractivity contribution is 5.94. The van der Waals surface area contributed by atoms with Crippen LogP contribution in [0.15, 0.2) is 11.6 Å². The van der Waals surface area contributed by atoms with E-state index in [0.717, 1.165) is 19.3 Å². The van der Waals surface area contributed by atoms with Gasteiger partial charge >= 0.3 is 0 Å². The SMILES string of the molecule is C[C@@H]1CCC2=CC(=O)[C@H]3CC(O)[C@]21C3. The topological polar surface area (TPSA) is 37.3 Å². The lowest BCUT2D eigenvalue weighted by atomic mass is 9.70. The maximum Gasteiger partial charge on any atom is 0.158 e. The Kier molecular flexibility index (Phi) is 1.54. The minimum absolute atomic E-state index is 0.00141. The summed E-state index contributed by atoms with van der Waals surface area (Å²) in [6.45, 7) is 2.22. The highest BCUT2D eigenvalue weighted by Crippen LogP contribution is 2.61. The monoisotopic (exact) mass is 192 g/mol. The Morgan fingerprint density at radius 1 is 1.57 bits per heavy atom. The van der Waals surface area contributed by atoms with E-state index in [9.17, 15) is 9.90 Å². The Morgan fingerprint density at radius 2 is 2.36 bits per heavy atom. The number of rotatable bonds is 0. The van der Waals surface area contributed by atoms with Gasteiger partial charge in [0.1, 0.15) is 0 Å². The maximum atomic E-state index is 11.7. The van der Waals surface area contributed by atoms with Gasteiger partial charge < -0.3 is 5.11 Å². The van der Waals surface area contributed by atoms with Gasteiger partial charge in [0, 0.05) is 11.3 Å². The van der Waals surface area contributed by atoms with Gasteiger partial charge in [-0.15, -0.1) is 0 Å². The van der Waals surface area contributed by atoms with Crippen molar-refractivity contribution in [2.24, 2.45) is 17.3 Å². The zero-order chi connectivity index (χ0) is 9.92. The van der Waals surface area contributed by atoms with E-state index in [-0.39, 0.29) is 23.2 Å². The summed E-state index contributed by atoms with van der Waals surface area (Å²) in [5.41, 5.74) is 1.25. The van der Waals surface area contributed by atoms with Crippen LogP contribution in [0.5, 0.6) is 0 Å². The first-order chi connectivity index (χ1) is 6.64. The molecule has 1 N–H and O–H groups in total. The van der Waals surface area contributed by atoms with Crippen LogP contribution in [-0.2, 0) is 4.79 Å². The molecule has 0 saturated heterocycles. The van der Waals surface area contributed by atoms with Gasteiger partial charge in [0.2, 0.25) is 0 Å². The number of hydrogen-bond acceptors (Lipinski definition) is 2. The predicted molar refractivity (Wildman–Crippen MR) is 52.7 cm³/mol. The van der Waals surface area contributed by atoms with Gasteiger partial charge in [-0.3, -0.25) is 4.79 Å². The van der Waals surface area contributed by atoms with E-state index >= 15 is 0 Å².